The molecule has 0 unspecified atom stereocenters. The van der Waals surface area contributed by atoms with E-state index in [1.54, 1.807) is 30.3 Å². The fourth-order valence-corrected chi connectivity index (χ4v) is 3.34. The number of aromatic hydroxyl groups is 1. The number of carbonyl (C=O) groups is 1. The van der Waals surface area contributed by atoms with Crippen LogP contribution in [0.1, 0.15) is 32.6 Å². The predicted molar refractivity (Wildman–Crippen MR) is 122 cm³/mol. The number of fused-ring (bicyclic) bond motifs is 1. The van der Waals surface area contributed by atoms with Gasteiger partial charge in [-0.2, -0.15) is 13.2 Å². The van der Waals surface area contributed by atoms with Gasteiger partial charge in [-0.05, 0) is 34.9 Å². The van der Waals surface area contributed by atoms with Crippen LogP contribution >= 0.6 is 0 Å². The van der Waals surface area contributed by atoms with Crippen molar-refractivity contribution in [2.45, 2.75) is 12.8 Å². The van der Waals surface area contributed by atoms with E-state index >= 15 is 0 Å². The minimum absolute atomic E-state index is 0.0513. The summed E-state index contributed by atoms with van der Waals surface area (Å²) in [5.41, 5.74) is -1.24. The Labute approximate surface area is 195 Å². The van der Waals surface area contributed by atoms with E-state index in [0.717, 1.165) is 16.9 Å². The molecule has 0 amide bonds. The van der Waals surface area contributed by atoms with Crippen molar-refractivity contribution >= 4 is 29.2 Å². The summed E-state index contributed by atoms with van der Waals surface area (Å²) in [6, 6.07) is 14.7. The van der Waals surface area contributed by atoms with Gasteiger partial charge in [0.2, 0.25) is 0 Å². The number of aromatic nitrogens is 2. The van der Waals surface area contributed by atoms with Crippen LogP contribution in [0, 0.1) is 0 Å². The molecule has 35 heavy (non-hydrogen) atoms. The van der Waals surface area contributed by atoms with Crippen LogP contribution in [0.3, 0.4) is 0 Å². The molecule has 4 rings (SSSR count). The first-order chi connectivity index (χ1) is 16.6. The summed E-state index contributed by atoms with van der Waals surface area (Å²) in [7, 11) is 0. The lowest BCUT2D eigenvalue weighted by atomic mass is 10.1. The lowest BCUT2D eigenvalue weighted by molar-refractivity contribution is -0.137. The number of alkyl halides is 3. The quantitative estimate of drug-likeness (QED) is 0.416. The molecule has 10 heteroatoms. The van der Waals surface area contributed by atoms with E-state index in [4.69, 9.17) is 4.84 Å². The van der Waals surface area contributed by atoms with Crippen molar-refractivity contribution in [3.8, 4) is 5.75 Å². The Hall–Kier alpha value is -4.60. The molecule has 178 valence electrons. The highest BCUT2D eigenvalue weighted by Gasteiger charge is 2.29. The average molecular weight is 482 g/mol. The Morgan fingerprint density at radius 3 is 2.31 bits per heavy atom. The zero-order valence-corrected chi connectivity index (χ0v) is 17.9. The zero-order valence-electron chi connectivity index (χ0n) is 17.9. The molecule has 2 N–H and O–H groups in total. The standard InChI is InChI=1S/C25H17F3N2O5/c26-25(27,28)18-10-8-15(9-11-18)6-7-17-12-19-21(31)20(24(33)34)23(32)30(22(19)29-13-17)35-14-16-4-2-1-3-5-16/h1-13,31H,14H2,(H,33,34)/b7-6+. The minimum atomic E-state index is -4.44. The Morgan fingerprint density at radius 1 is 1.03 bits per heavy atom. The maximum absolute atomic E-state index is 12.7. The van der Waals surface area contributed by atoms with Gasteiger partial charge < -0.3 is 15.1 Å². The molecule has 0 spiro atoms. The van der Waals surface area contributed by atoms with Crippen LogP contribution in [-0.2, 0) is 12.8 Å². The lowest BCUT2D eigenvalue weighted by Crippen LogP contribution is -2.32. The topological polar surface area (TPSA) is 102 Å². The number of carboxylic acids is 1. The molecule has 2 aromatic carbocycles. The van der Waals surface area contributed by atoms with Crippen LogP contribution in [0.2, 0.25) is 0 Å². The van der Waals surface area contributed by atoms with E-state index in [9.17, 15) is 33.0 Å². The fourth-order valence-electron chi connectivity index (χ4n) is 3.34. The van der Waals surface area contributed by atoms with E-state index in [2.05, 4.69) is 4.98 Å². The molecule has 0 aliphatic rings. The first-order valence-corrected chi connectivity index (χ1v) is 10.2. The first-order valence-electron chi connectivity index (χ1n) is 10.2. The van der Waals surface area contributed by atoms with Gasteiger partial charge in [-0.15, -0.1) is 4.73 Å². The SMILES string of the molecule is O=C(O)c1c(O)c2cc(/C=C/c3ccc(C(F)(F)F)cc3)cnc2n(OCc2ccccc2)c1=O. The second-order valence-corrected chi connectivity index (χ2v) is 7.48. The minimum Gasteiger partial charge on any atom is -0.506 e. The number of carboxylic acid groups (broad SMARTS) is 1. The van der Waals surface area contributed by atoms with Gasteiger partial charge in [0, 0.05) is 6.20 Å². The number of halogens is 3. The Kier molecular flexibility index (Phi) is 6.28. The maximum Gasteiger partial charge on any atom is 0.416 e. The second-order valence-electron chi connectivity index (χ2n) is 7.48. The highest BCUT2D eigenvalue weighted by atomic mass is 19.4. The van der Waals surface area contributed by atoms with E-state index in [0.29, 0.717) is 16.7 Å². The number of pyridine rings is 2. The van der Waals surface area contributed by atoms with Crippen molar-refractivity contribution in [3.05, 3.63) is 105 Å². The highest BCUT2D eigenvalue weighted by Crippen LogP contribution is 2.30. The van der Waals surface area contributed by atoms with E-state index in [1.165, 1.54) is 36.5 Å². The molecule has 2 heterocycles. The summed E-state index contributed by atoms with van der Waals surface area (Å²) in [5, 5.41) is 19.9. The highest BCUT2D eigenvalue weighted by molar-refractivity contribution is 5.98. The number of hydrogen-bond acceptors (Lipinski definition) is 5. The van der Waals surface area contributed by atoms with Crippen LogP contribution in [-0.4, -0.2) is 25.9 Å². The third-order valence-corrected chi connectivity index (χ3v) is 5.09. The predicted octanol–water partition coefficient (Wildman–Crippen LogP) is 4.62. The van der Waals surface area contributed by atoms with Crippen molar-refractivity contribution in [2.75, 3.05) is 0 Å². The van der Waals surface area contributed by atoms with Gasteiger partial charge in [-0.25, -0.2) is 9.78 Å². The van der Waals surface area contributed by atoms with Crippen LogP contribution in [0.15, 0.2) is 71.7 Å². The molecule has 2 aromatic heterocycles. The molecule has 0 aliphatic heterocycles. The van der Waals surface area contributed by atoms with Crippen molar-refractivity contribution < 1.29 is 33.0 Å². The largest absolute Gasteiger partial charge is 0.506 e. The molecule has 0 aliphatic carbocycles. The van der Waals surface area contributed by atoms with Crippen LogP contribution in [0.25, 0.3) is 23.2 Å². The summed E-state index contributed by atoms with van der Waals surface area (Å²) in [4.78, 5) is 34.1. The molecular formula is C25H17F3N2O5. The van der Waals surface area contributed by atoms with Crippen molar-refractivity contribution in [1.82, 2.24) is 9.71 Å². The smallest absolute Gasteiger partial charge is 0.416 e. The summed E-state index contributed by atoms with van der Waals surface area (Å²) < 4.78 is 38.9. The van der Waals surface area contributed by atoms with Gasteiger partial charge in [0.1, 0.15) is 12.4 Å². The number of hydrogen-bond donors (Lipinski definition) is 2. The second kappa shape index (κ2) is 9.34. The van der Waals surface area contributed by atoms with E-state index < -0.39 is 34.6 Å². The van der Waals surface area contributed by atoms with Gasteiger partial charge in [0.25, 0.3) is 0 Å². The summed E-state index contributed by atoms with van der Waals surface area (Å²) >= 11 is 0. The Balaban J connectivity index is 1.72. The van der Waals surface area contributed by atoms with Crippen molar-refractivity contribution in [3.63, 3.8) is 0 Å². The molecule has 0 bridgehead atoms. The third-order valence-electron chi connectivity index (χ3n) is 5.09. The normalized spacial score (nSPS) is 11.7. The van der Waals surface area contributed by atoms with E-state index in [-0.39, 0.29) is 17.6 Å². The fraction of sp³-hybridized carbons (Fsp3) is 0.0800. The summed E-state index contributed by atoms with van der Waals surface area (Å²) in [6.45, 7) is -0.0586. The third kappa shape index (κ3) is 5.01. The molecule has 0 saturated heterocycles. The lowest BCUT2D eigenvalue weighted by Gasteiger charge is -2.14. The zero-order chi connectivity index (χ0) is 25.2. The molecular weight excluding hydrogens is 465 g/mol. The van der Waals surface area contributed by atoms with Crippen LogP contribution < -0.4 is 10.4 Å². The Morgan fingerprint density at radius 2 is 1.69 bits per heavy atom. The monoisotopic (exact) mass is 482 g/mol. The van der Waals surface area contributed by atoms with Gasteiger partial charge in [-0.3, -0.25) is 4.79 Å². The average Bonchev–Trinajstić information content (AvgIpc) is 2.83. The molecule has 0 fully saturated rings. The summed E-state index contributed by atoms with van der Waals surface area (Å²) in [6.07, 6.45) is -0.0395. The number of rotatable bonds is 6. The molecule has 0 radical (unpaired) electrons. The maximum atomic E-state index is 12.7. The molecule has 0 saturated carbocycles. The van der Waals surface area contributed by atoms with Gasteiger partial charge >= 0.3 is 17.7 Å². The molecule has 0 atom stereocenters. The van der Waals surface area contributed by atoms with E-state index in [1.807, 2.05) is 0 Å². The Bertz CT molecular complexity index is 1480. The molecule has 7 nitrogen and oxygen atoms in total. The number of aromatic carboxylic acids is 1. The van der Waals surface area contributed by atoms with Gasteiger partial charge in [0.05, 0.1) is 10.9 Å². The van der Waals surface area contributed by atoms with Crippen LogP contribution in [0.5, 0.6) is 5.75 Å². The number of nitrogens with zero attached hydrogens (tertiary/aromatic N) is 2. The van der Waals surface area contributed by atoms with Crippen LogP contribution in [0.4, 0.5) is 13.2 Å². The molecule has 4 aromatic rings. The van der Waals surface area contributed by atoms with Gasteiger partial charge in [-0.1, -0.05) is 54.6 Å². The number of benzene rings is 2. The summed E-state index contributed by atoms with van der Waals surface area (Å²) in [5.74, 6) is -2.41. The first kappa shape index (κ1) is 23.6. The van der Waals surface area contributed by atoms with Gasteiger partial charge in [0.15, 0.2) is 11.2 Å². The van der Waals surface area contributed by atoms with Crippen molar-refractivity contribution in [2.24, 2.45) is 0 Å². The van der Waals surface area contributed by atoms with Crippen molar-refractivity contribution in [1.29, 1.82) is 0 Å².